The highest BCUT2D eigenvalue weighted by Gasteiger charge is 2.39. The first-order valence-corrected chi connectivity index (χ1v) is 7.56. The number of nitrogens with zero attached hydrogens (tertiary/aromatic N) is 3. The van der Waals surface area contributed by atoms with Gasteiger partial charge in [0.05, 0.1) is 0 Å². The minimum Gasteiger partial charge on any atom is -0.285 e. The Bertz CT molecular complexity index is 527. The molecule has 0 N–H and O–H groups in total. The molecule has 1 aromatic rings. The van der Waals surface area contributed by atoms with E-state index >= 15 is 0 Å². The molecule has 0 aromatic carbocycles. The summed E-state index contributed by atoms with van der Waals surface area (Å²) in [7, 11) is 1.52. The van der Waals surface area contributed by atoms with Gasteiger partial charge in [-0.1, -0.05) is 0 Å². The molecule has 1 aliphatic rings. The summed E-state index contributed by atoms with van der Waals surface area (Å²) in [4.78, 5) is 16.9. The van der Waals surface area contributed by atoms with Crippen molar-refractivity contribution >= 4 is 42.3 Å². The van der Waals surface area contributed by atoms with E-state index in [0.29, 0.717) is 11.0 Å². The van der Waals surface area contributed by atoms with Gasteiger partial charge in [0.25, 0.3) is 0 Å². The molecule has 6 nitrogen and oxygen atoms in total. The molecular weight excluding hydrogens is 274 g/mol. The van der Waals surface area contributed by atoms with E-state index in [9.17, 15) is 13.2 Å². The first-order valence-electron chi connectivity index (χ1n) is 4.42. The lowest BCUT2D eigenvalue weighted by Crippen LogP contribution is -2.26. The van der Waals surface area contributed by atoms with E-state index in [1.54, 1.807) is 6.92 Å². The Morgan fingerprint density at radius 2 is 2.25 bits per heavy atom. The van der Waals surface area contributed by atoms with Crippen molar-refractivity contribution in [1.29, 1.82) is 0 Å². The van der Waals surface area contributed by atoms with E-state index < -0.39 is 14.3 Å². The minimum absolute atomic E-state index is 0.0549. The molecular formula is C7H8ClN3O3S2. The molecule has 1 aliphatic heterocycles. The zero-order chi connectivity index (χ0) is 11.9. The molecule has 0 aliphatic carbocycles. The predicted octanol–water partition coefficient (Wildman–Crippen LogP) is 0.520. The standard InChI is InChI=1S/C7H8ClN3O3S2/c1-4-9-7(15-10-4)11-3-5(2-6(11)12)16(8,13)14/h5H,2-3H2,1H3. The lowest BCUT2D eigenvalue weighted by Gasteiger charge is -2.10. The fourth-order valence-electron chi connectivity index (χ4n) is 1.44. The maximum atomic E-state index is 11.6. The third kappa shape index (κ3) is 2.18. The largest absolute Gasteiger partial charge is 0.285 e. The van der Waals surface area contributed by atoms with Crippen molar-refractivity contribution in [3.05, 3.63) is 5.82 Å². The Morgan fingerprint density at radius 3 is 2.69 bits per heavy atom. The summed E-state index contributed by atoms with van der Waals surface area (Å²) in [6.45, 7) is 1.76. The topological polar surface area (TPSA) is 80.2 Å². The molecule has 0 radical (unpaired) electrons. The lowest BCUT2D eigenvalue weighted by atomic mass is 10.4. The highest BCUT2D eigenvalue weighted by Crippen LogP contribution is 2.27. The number of carbonyl (C=O) groups is 1. The fourth-order valence-corrected chi connectivity index (χ4v) is 3.17. The molecule has 1 amide bonds. The molecule has 88 valence electrons. The van der Waals surface area contributed by atoms with E-state index in [0.717, 1.165) is 11.5 Å². The van der Waals surface area contributed by atoms with E-state index in [1.165, 1.54) is 4.90 Å². The summed E-state index contributed by atoms with van der Waals surface area (Å²) in [6, 6.07) is 0. The Balaban J connectivity index is 2.24. The average molecular weight is 282 g/mol. The number of halogens is 1. The number of rotatable bonds is 2. The Labute approximate surface area is 101 Å². The van der Waals surface area contributed by atoms with Gasteiger partial charge in [-0.05, 0) is 6.92 Å². The van der Waals surface area contributed by atoms with Crippen molar-refractivity contribution in [3.8, 4) is 0 Å². The van der Waals surface area contributed by atoms with Crippen LogP contribution in [-0.4, -0.2) is 35.5 Å². The zero-order valence-corrected chi connectivity index (χ0v) is 10.6. The quantitative estimate of drug-likeness (QED) is 0.738. The molecule has 1 atom stereocenters. The van der Waals surface area contributed by atoms with Crippen LogP contribution < -0.4 is 4.90 Å². The van der Waals surface area contributed by atoms with E-state index in [4.69, 9.17) is 10.7 Å². The van der Waals surface area contributed by atoms with Gasteiger partial charge in [0, 0.05) is 35.2 Å². The van der Waals surface area contributed by atoms with Crippen LogP contribution in [-0.2, 0) is 13.8 Å². The first kappa shape index (κ1) is 11.7. The van der Waals surface area contributed by atoms with Gasteiger partial charge in [-0.3, -0.25) is 9.69 Å². The Hall–Kier alpha value is -0.730. The van der Waals surface area contributed by atoms with E-state index in [-0.39, 0.29) is 18.9 Å². The van der Waals surface area contributed by atoms with E-state index in [1.807, 2.05) is 0 Å². The lowest BCUT2D eigenvalue weighted by molar-refractivity contribution is -0.117. The molecule has 1 aromatic heterocycles. The summed E-state index contributed by atoms with van der Waals surface area (Å²) in [5, 5.41) is -0.434. The second-order valence-corrected chi connectivity index (χ2v) is 7.07. The first-order chi connectivity index (χ1) is 7.38. The Kier molecular flexibility index (Phi) is 2.89. The van der Waals surface area contributed by atoms with Crippen molar-refractivity contribution in [3.63, 3.8) is 0 Å². The van der Waals surface area contributed by atoms with Crippen LogP contribution in [0.15, 0.2) is 0 Å². The summed E-state index contributed by atoms with van der Waals surface area (Å²) >= 11 is 1.07. The van der Waals surface area contributed by atoms with Crippen LogP contribution in [0.5, 0.6) is 0 Å². The summed E-state index contributed by atoms with van der Waals surface area (Å²) in [5.74, 6) is 0.273. The molecule has 2 rings (SSSR count). The van der Waals surface area contributed by atoms with Gasteiger partial charge in [-0.25, -0.2) is 13.4 Å². The molecule has 1 saturated heterocycles. The maximum absolute atomic E-state index is 11.6. The van der Waals surface area contributed by atoms with Crippen LogP contribution in [0.2, 0.25) is 0 Å². The van der Waals surface area contributed by atoms with Crippen molar-refractivity contribution in [2.24, 2.45) is 0 Å². The van der Waals surface area contributed by atoms with Gasteiger partial charge < -0.3 is 0 Å². The maximum Gasteiger partial charge on any atom is 0.237 e. The molecule has 16 heavy (non-hydrogen) atoms. The van der Waals surface area contributed by atoms with Crippen molar-refractivity contribution in [1.82, 2.24) is 9.36 Å². The highest BCUT2D eigenvalue weighted by molar-refractivity contribution is 8.14. The molecule has 9 heteroatoms. The molecule has 1 fully saturated rings. The summed E-state index contributed by atoms with van der Waals surface area (Å²) < 4.78 is 26.2. The zero-order valence-electron chi connectivity index (χ0n) is 8.25. The van der Waals surface area contributed by atoms with Gasteiger partial charge in [-0.2, -0.15) is 4.37 Å². The predicted molar refractivity (Wildman–Crippen MR) is 60.2 cm³/mol. The van der Waals surface area contributed by atoms with Crippen molar-refractivity contribution in [2.75, 3.05) is 11.4 Å². The van der Waals surface area contributed by atoms with Crippen LogP contribution in [0, 0.1) is 6.92 Å². The van der Waals surface area contributed by atoms with Crippen molar-refractivity contribution < 1.29 is 13.2 Å². The van der Waals surface area contributed by atoms with Gasteiger partial charge in [0.2, 0.25) is 20.1 Å². The molecule has 0 spiro atoms. The van der Waals surface area contributed by atoms with Crippen LogP contribution in [0.25, 0.3) is 0 Å². The second kappa shape index (κ2) is 3.94. The van der Waals surface area contributed by atoms with Gasteiger partial charge in [0.1, 0.15) is 11.1 Å². The average Bonchev–Trinajstić information content (AvgIpc) is 2.70. The SMILES string of the molecule is Cc1nsc(N2CC(S(=O)(=O)Cl)CC2=O)n1. The van der Waals surface area contributed by atoms with Crippen molar-refractivity contribution in [2.45, 2.75) is 18.6 Å². The van der Waals surface area contributed by atoms with Gasteiger partial charge in [0.15, 0.2) is 0 Å². The summed E-state index contributed by atoms with van der Waals surface area (Å²) in [5.41, 5.74) is 0. The molecule has 0 bridgehead atoms. The van der Waals surface area contributed by atoms with E-state index in [2.05, 4.69) is 9.36 Å². The van der Waals surface area contributed by atoms with Crippen LogP contribution in [0.3, 0.4) is 0 Å². The Morgan fingerprint density at radius 1 is 1.56 bits per heavy atom. The number of aryl methyl sites for hydroxylation is 1. The monoisotopic (exact) mass is 281 g/mol. The number of anilines is 1. The molecule has 2 heterocycles. The number of hydrogen-bond donors (Lipinski definition) is 0. The molecule has 1 unspecified atom stereocenters. The fraction of sp³-hybridized carbons (Fsp3) is 0.571. The second-order valence-electron chi connectivity index (χ2n) is 3.43. The number of aromatic nitrogens is 2. The van der Waals surface area contributed by atoms with Gasteiger partial charge in [-0.15, -0.1) is 0 Å². The van der Waals surface area contributed by atoms with Crippen LogP contribution >= 0.6 is 22.2 Å². The number of amides is 1. The normalized spacial score (nSPS) is 21.8. The summed E-state index contributed by atoms with van der Waals surface area (Å²) in [6.07, 6.45) is -0.0928. The third-order valence-electron chi connectivity index (χ3n) is 2.24. The number of carbonyl (C=O) groups excluding carboxylic acids is 1. The highest BCUT2D eigenvalue weighted by atomic mass is 35.7. The van der Waals surface area contributed by atoms with Gasteiger partial charge >= 0.3 is 0 Å². The molecule has 0 saturated carbocycles. The number of hydrogen-bond acceptors (Lipinski definition) is 6. The van der Waals surface area contributed by atoms with Crippen LogP contribution in [0.4, 0.5) is 5.13 Å². The third-order valence-corrected chi connectivity index (χ3v) is 4.93. The minimum atomic E-state index is -3.70. The van der Waals surface area contributed by atoms with Crippen LogP contribution in [0.1, 0.15) is 12.2 Å². The smallest absolute Gasteiger partial charge is 0.237 e.